The van der Waals surface area contributed by atoms with E-state index in [1.54, 1.807) is 0 Å². The minimum absolute atomic E-state index is 0.107. The third-order valence-electron chi connectivity index (χ3n) is 4.31. The zero-order valence-corrected chi connectivity index (χ0v) is 13.2. The SMILES string of the molecule is CCCOc1cccc(NC(=O)C2(C(C)C)CCNC2)c1. The van der Waals surface area contributed by atoms with Crippen LogP contribution in [0, 0.1) is 11.3 Å². The van der Waals surface area contributed by atoms with Gasteiger partial charge in [-0.3, -0.25) is 4.79 Å². The van der Waals surface area contributed by atoms with E-state index in [0.717, 1.165) is 37.4 Å². The molecule has 4 nitrogen and oxygen atoms in total. The number of anilines is 1. The average Bonchev–Trinajstić information content (AvgIpc) is 2.96. The van der Waals surface area contributed by atoms with Crippen molar-refractivity contribution < 1.29 is 9.53 Å². The predicted octanol–water partition coefficient (Wildman–Crippen LogP) is 3.05. The summed E-state index contributed by atoms with van der Waals surface area (Å²) in [6.07, 6.45) is 1.86. The van der Waals surface area contributed by atoms with Crippen LogP contribution < -0.4 is 15.4 Å². The van der Waals surface area contributed by atoms with E-state index in [2.05, 4.69) is 31.4 Å². The van der Waals surface area contributed by atoms with E-state index >= 15 is 0 Å². The highest BCUT2D eigenvalue weighted by Gasteiger charge is 2.43. The lowest BCUT2D eigenvalue weighted by Gasteiger charge is -2.31. The molecule has 116 valence electrons. The smallest absolute Gasteiger partial charge is 0.232 e. The first kappa shape index (κ1) is 15.8. The number of carbonyl (C=O) groups excluding carboxylic acids is 1. The Morgan fingerprint density at radius 1 is 1.48 bits per heavy atom. The van der Waals surface area contributed by atoms with E-state index in [9.17, 15) is 4.79 Å². The lowest BCUT2D eigenvalue weighted by molar-refractivity contribution is -0.126. The first-order valence-electron chi connectivity index (χ1n) is 7.83. The third-order valence-corrected chi connectivity index (χ3v) is 4.31. The molecular weight excluding hydrogens is 264 g/mol. The van der Waals surface area contributed by atoms with Crippen LogP contribution in [0.15, 0.2) is 24.3 Å². The van der Waals surface area contributed by atoms with E-state index in [1.807, 2.05) is 24.3 Å². The van der Waals surface area contributed by atoms with Crippen molar-refractivity contribution in [2.45, 2.75) is 33.6 Å². The normalized spacial score (nSPS) is 21.5. The highest BCUT2D eigenvalue weighted by molar-refractivity contribution is 5.96. The summed E-state index contributed by atoms with van der Waals surface area (Å²) in [7, 11) is 0. The Morgan fingerprint density at radius 3 is 2.90 bits per heavy atom. The van der Waals surface area contributed by atoms with E-state index in [0.29, 0.717) is 12.5 Å². The number of rotatable bonds is 6. The summed E-state index contributed by atoms with van der Waals surface area (Å²) in [5.41, 5.74) is 0.501. The van der Waals surface area contributed by atoms with Crippen molar-refractivity contribution in [2.24, 2.45) is 11.3 Å². The van der Waals surface area contributed by atoms with Crippen molar-refractivity contribution in [3.05, 3.63) is 24.3 Å². The van der Waals surface area contributed by atoms with Gasteiger partial charge in [-0.25, -0.2) is 0 Å². The molecule has 1 aliphatic heterocycles. The lowest BCUT2D eigenvalue weighted by Crippen LogP contribution is -2.42. The second-order valence-corrected chi connectivity index (χ2v) is 6.07. The summed E-state index contributed by atoms with van der Waals surface area (Å²) < 4.78 is 5.61. The highest BCUT2D eigenvalue weighted by atomic mass is 16.5. The van der Waals surface area contributed by atoms with Gasteiger partial charge in [-0.15, -0.1) is 0 Å². The van der Waals surface area contributed by atoms with Crippen molar-refractivity contribution in [2.75, 3.05) is 25.0 Å². The monoisotopic (exact) mass is 290 g/mol. The van der Waals surface area contributed by atoms with E-state index in [-0.39, 0.29) is 11.3 Å². The maximum atomic E-state index is 12.7. The molecule has 0 aromatic heterocycles. The second kappa shape index (κ2) is 6.94. The van der Waals surface area contributed by atoms with Crippen LogP contribution in [0.1, 0.15) is 33.6 Å². The molecule has 1 unspecified atom stereocenters. The summed E-state index contributed by atoms with van der Waals surface area (Å²) in [5, 5.41) is 6.38. The quantitative estimate of drug-likeness (QED) is 0.846. The van der Waals surface area contributed by atoms with Gasteiger partial charge in [-0.1, -0.05) is 26.8 Å². The number of hydrogen-bond donors (Lipinski definition) is 2. The van der Waals surface area contributed by atoms with Crippen LogP contribution in [0.2, 0.25) is 0 Å². The van der Waals surface area contributed by atoms with Crippen LogP contribution in [0.25, 0.3) is 0 Å². The molecule has 2 N–H and O–H groups in total. The summed E-state index contributed by atoms with van der Waals surface area (Å²) >= 11 is 0. The molecule has 1 fully saturated rings. The molecule has 0 saturated carbocycles. The molecule has 1 amide bonds. The van der Waals surface area contributed by atoms with Gasteiger partial charge >= 0.3 is 0 Å². The fourth-order valence-electron chi connectivity index (χ4n) is 2.80. The zero-order valence-electron chi connectivity index (χ0n) is 13.2. The fraction of sp³-hybridized carbons (Fsp3) is 0.588. The summed E-state index contributed by atoms with van der Waals surface area (Å²) in [6, 6.07) is 7.63. The molecule has 1 aromatic carbocycles. The van der Waals surface area contributed by atoms with Crippen molar-refractivity contribution in [3.63, 3.8) is 0 Å². The molecule has 0 spiro atoms. The molecule has 0 radical (unpaired) electrons. The molecule has 0 bridgehead atoms. The molecule has 0 aliphatic carbocycles. The Kier molecular flexibility index (Phi) is 5.23. The van der Waals surface area contributed by atoms with E-state index < -0.39 is 0 Å². The predicted molar refractivity (Wildman–Crippen MR) is 85.6 cm³/mol. The Morgan fingerprint density at radius 2 is 2.29 bits per heavy atom. The number of carbonyl (C=O) groups is 1. The summed E-state index contributed by atoms with van der Waals surface area (Å²) in [5.74, 6) is 1.22. The number of hydrogen-bond acceptors (Lipinski definition) is 3. The first-order chi connectivity index (χ1) is 10.1. The van der Waals surface area contributed by atoms with Gasteiger partial charge in [0.2, 0.25) is 5.91 Å². The fourth-order valence-corrected chi connectivity index (χ4v) is 2.80. The van der Waals surface area contributed by atoms with Crippen molar-refractivity contribution in [1.82, 2.24) is 5.32 Å². The largest absolute Gasteiger partial charge is 0.494 e. The third kappa shape index (κ3) is 3.56. The lowest BCUT2D eigenvalue weighted by atomic mass is 9.75. The highest BCUT2D eigenvalue weighted by Crippen LogP contribution is 2.35. The number of benzene rings is 1. The molecule has 4 heteroatoms. The number of amides is 1. The van der Waals surface area contributed by atoms with Gasteiger partial charge in [0.05, 0.1) is 12.0 Å². The van der Waals surface area contributed by atoms with Crippen molar-refractivity contribution in [3.8, 4) is 5.75 Å². The molecule has 1 saturated heterocycles. The van der Waals surface area contributed by atoms with Gasteiger partial charge in [0.15, 0.2) is 0 Å². The van der Waals surface area contributed by atoms with E-state index in [4.69, 9.17) is 4.74 Å². The van der Waals surface area contributed by atoms with Crippen LogP contribution in [-0.4, -0.2) is 25.6 Å². The maximum absolute atomic E-state index is 12.7. The first-order valence-corrected chi connectivity index (χ1v) is 7.83. The van der Waals surface area contributed by atoms with Gasteiger partial charge < -0.3 is 15.4 Å². The van der Waals surface area contributed by atoms with Crippen LogP contribution in [0.3, 0.4) is 0 Å². The Bertz CT molecular complexity index is 479. The molecule has 1 aliphatic rings. The number of ether oxygens (including phenoxy) is 1. The standard InChI is InChI=1S/C17H26N2O2/c1-4-10-21-15-7-5-6-14(11-15)19-16(20)17(13(2)3)8-9-18-12-17/h5-7,11,13,18H,4,8-10,12H2,1-3H3,(H,19,20). The number of nitrogens with one attached hydrogen (secondary N) is 2. The van der Waals surface area contributed by atoms with Gasteiger partial charge in [-0.05, 0) is 37.4 Å². The molecule has 21 heavy (non-hydrogen) atoms. The van der Waals surface area contributed by atoms with Crippen molar-refractivity contribution in [1.29, 1.82) is 0 Å². The Hall–Kier alpha value is -1.55. The van der Waals surface area contributed by atoms with Gasteiger partial charge in [0.1, 0.15) is 5.75 Å². The molecule has 1 atom stereocenters. The van der Waals surface area contributed by atoms with Crippen LogP contribution in [-0.2, 0) is 4.79 Å². The Labute approximate surface area is 127 Å². The minimum atomic E-state index is -0.305. The molecule has 2 rings (SSSR count). The molecule has 1 heterocycles. The average molecular weight is 290 g/mol. The van der Waals surface area contributed by atoms with E-state index in [1.165, 1.54) is 0 Å². The van der Waals surface area contributed by atoms with Crippen LogP contribution in [0.4, 0.5) is 5.69 Å². The zero-order chi connectivity index (χ0) is 15.3. The minimum Gasteiger partial charge on any atom is -0.494 e. The summed E-state index contributed by atoms with van der Waals surface area (Å²) in [4.78, 5) is 12.7. The Balaban J connectivity index is 2.08. The van der Waals surface area contributed by atoms with Gasteiger partial charge in [0.25, 0.3) is 0 Å². The van der Waals surface area contributed by atoms with Crippen LogP contribution >= 0.6 is 0 Å². The molecular formula is C17H26N2O2. The van der Waals surface area contributed by atoms with Gasteiger partial charge in [0, 0.05) is 18.3 Å². The topological polar surface area (TPSA) is 50.4 Å². The van der Waals surface area contributed by atoms with Crippen molar-refractivity contribution >= 4 is 11.6 Å². The maximum Gasteiger partial charge on any atom is 0.232 e. The van der Waals surface area contributed by atoms with Gasteiger partial charge in [-0.2, -0.15) is 0 Å². The second-order valence-electron chi connectivity index (χ2n) is 6.07. The van der Waals surface area contributed by atoms with Crippen LogP contribution in [0.5, 0.6) is 5.75 Å². The molecule has 1 aromatic rings. The summed E-state index contributed by atoms with van der Waals surface area (Å²) in [6.45, 7) is 8.66.